The maximum absolute atomic E-state index is 12.1. The Kier molecular flexibility index (Phi) is 4.04. The van der Waals surface area contributed by atoms with Crippen molar-refractivity contribution >= 4 is 27.5 Å². The highest BCUT2D eigenvalue weighted by molar-refractivity contribution is 7.16. The molecule has 2 rings (SSSR count). The van der Waals surface area contributed by atoms with Gasteiger partial charge >= 0.3 is 0 Å². The maximum atomic E-state index is 12.1. The first-order valence-electron chi connectivity index (χ1n) is 6.00. The number of thiophene rings is 1. The molecular weight excluding hydrogens is 248 g/mol. The normalized spacial score (nSPS) is 11.3. The predicted octanol–water partition coefficient (Wildman–Crippen LogP) is 2.66. The van der Waals surface area contributed by atoms with Crippen LogP contribution in [0, 0.1) is 0 Å². The average molecular weight is 266 g/mol. The lowest BCUT2D eigenvalue weighted by atomic mass is 10.3. The Morgan fingerprint density at radius 3 is 3.00 bits per heavy atom. The third kappa shape index (κ3) is 2.42. The van der Waals surface area contributed by atoms with Crippen LogP contribution in [0.3, 0.4) is 0 Å². The Bertz CT molecular complexity index is 542. The number of fused-ring (bicyclic) bond motifs is 1. The third-order valence-corrected chi connectivity index (χ3v) is 3.71. The zero-order chi connectivity index (χ0) is 13.1. The molecular formula is C13H18N2O2S. The third-order valence-electron chi connectivity index (χ3n) is 2.79. The molecule has 0 aliphatic carbocycles. The smallest absolute Gasteiger partial charge is 0.268 e. The van der Waals surface area contributed by atoms with Gasteiger partial charge in [0.2, 0.25) is 0 Å². The summed E-state index contributed by atoms with van der Waals surface area (Å²) in [4.78, 5) is 13.3. The topological polar surface area (TPSA) is 43.3 Å². The summed E-state index contributed by atoms with van der Waals surface area (Å²) in [6.07, 6.45) is 0. The Morgan fingerprint density at radius 1 is 1.56 bits per heavy atom. The van der Waals surface area contributed by atoms with Crippen LogP contribution in [0.4, 0.5) is 0 Å². The van der Waals surface area contributed by atoms with Gasteiger partial charge in [0, 0.05) is 25.1 Å². The van der Waals surface area contributed by atoms with E-state index in [2.05, 4.69) is 29.1 Å². The molecule has 2 aromatic heterocycles. The molecule has 0 saturated carbocycles. The highest BCUT2D eigenvalue weighted by Gasteiger charge is 2.17. The minimum Gasteiger partial charge on any atom is -0.383 e. The fourth-order valence-corrected chi connectivity index (χ4v) is 3.02. The summed E-state index contributed by atoms with van der Waals surface area (Å²) >= 11 is 1.67. The van der Waals surface area contributed by atoms with Gasteiger partial charge in [0.15, 0.2) is 0 Å². The van der Waals surface area contributed by atoms with E-state index in [1.165, 1.54) is 0 Å². The fourth-order valence-electron chi connectivity index (χ4n) is 1.99. The first kappa shape index (κ1) is 13.1. The second kappa shape index (κ2) is 5.54. The van der Waals surface area contributed by atoms with E-state index in [0.717, 1.165) is 15.9 Å². The van der Waals surface area contributed by atoms with Gasteiger partial charge in [0.25, 0.3) is 5.91 Å². The van der Waals surface area contributed by atoms with Crippen molar-refractivity contribution in [3.05, 3.63) is 23.2 Å². The largest absolute Gasteiger partial charge is 0.383 e. The summed E-state index contributed by atoms with van der Waals surface area (Å²) in [6.45, 7) is 5.24. The molecule has 0 radical (unpaired) electrons. The summed E-state index contributed by atoms with van der Waals surface area (Å²) < 4.78 is 7.02. The number of hydrogen-bond acceptors (Lipinski definition) is 3. The quantitative estimate of drug-likeness (QED) is 0.845. The average Bonchev–Trinajstić information content (AvgIpc) is 2.87. The number of nitrogens with one attached hydrogen (secondary N) is 1. The molecule has 98 valence electrons. The molecule has 1 N–H and O–H groups in total. The van der Waals surface area contributed by atoms with Gasteiger partial charge in [-0.3, -0.25) is 4.79 Å². The summed E-state index contributed by atoms with van der Waals surface area (Å²) in [7, 11) is 1.62. The minimum atomic E-state index is -0.0378. The van der Waals surface area contributed by atoms with Crippen LogP contribution in [0.5, 0.6) is 0 Å². The van der Waals surface area contributed by atoms with Crippen LogP contribution in [0.2, 0.25) is 0 Å². The first-order valence-corrected chi connectivity index (χ1v) is 6.88. The molecule has 0 aromatic carbocycles. The lowest BCUT2D eigenvalue weighted by molar-refractivity contribution is 0.0927. The van der Waals surface area contributed by atoms with Crippen LogP contribution < -0.4 is 5.32 Å². The van der Waals surface area contributed by atoms with E-state index in [4.69, 9.17) is 4.74 Å². The number of methoxy groups -OCH3 is 1. The zero-order valence-electron chi connectivity index (χ0n) is 10.9. The van der Waals surface area contributed by atoms with E-state index in [0.29, 0.717) is 13.2 Å². The predicted molar refractivity (Wildman–Crippen MR) is 74.4 cm³/mol. The maximum Gasteiger partial charge on any atom is 0.268 e. The van der Waals surface area contributed by atoms with Crippen molar-refractivity contribution in [3.63, 3.8) is 0 Å². The Hall–Kier alpha value is -1.33. The molecule has 2 heterocycles. The van der Waals surface area contributed by atoms with Gasteiger partial charge in [-0.05, 0) is 31.4 Å². The molecule has 0 bridgehead atoms. The van der Waals surface area contributed by atoms with Crippen molar-refractivity contribution in [1.29, 1.82) is 0 Å². The highest BCUT2D eigenvalue weighted by Crippen LogP contribution is 2.28. The molecule has 2 aromatic rings. The number of amides is 1. The number of ether oxygens (including phenoxy) is 1. The van der Waals surface area contributed by atoms with Gasteiger partial charge in [-0.15, -0.1) is 11.3 Å². The van der Waals surface area contributed by atoms with E-state index < -0.39 is 0 Å². The van der Waals surface area contributed by atoms with Crippen LogP contribution in [-0.2, 0) is 4.74 Å². The van der Waals surface area contributed by atoms with Crippen molar-refractivity contribution in [2.45, 2.75) is 19.9 Å². The van der Waals surface area contributed by atoms with Gasteiger partial charge in [-0.2, -0.15) is 0 Å². The van der Waals surface area contributed by atoms with Crippen LogP contribution in [-0.4, -0.2) is 30.7 Å². The Balaban J connectivity index is 2.28. The van der Waals surface area contributed by atoms with Crippen molar-refractivity contribution in [3.8, 4) is 0 Å². The molecule has 0 saturated heterocycles. The van der Waals surface area contributed by atoms with Crippen LogP contribution in [0.1, 0.15) is 30.4 Å². The fraction of sp³-hybridized carbons (Fsp3) is 0.462. The van der Waals surface area contributed by atoms with Gasteiger partial charge in [-0.25, -0.2) is 0 Å². The van der Waals surface area contributed by atoms with E-state index in [9.17, 15) is 4.79 Å². The number of hydrogen-bond donors (Lipinski definition) is 1. The van der Waals surface area contributed by atoms with Crippen LogP contribution in [0.15, 0.2) is 17.5 Å². The van der Waals surface area contributed by atoms with Gasteiger partial charge in [0.1, 0.15) is 10.5 Å². The first-order chi connectivity index (χ1) is 8.65. The summed E-state index contributed by atoms with van der Waals surface area (Å²) in [5, 5.41) is 6.05. The second-order valence-electron chi connectivity index (χ2n) is 4.42. The molecule has 0 aliphatic rings. The molecule has 0 aliphatic heterocycles. The van der Waals surface area contributed by atoms with Gasteiger partial charge in [0.05, 0.1) is 6.61 Å². The number of aromatic nitrogens is 1. The molecule has 0 spiro atoms. The number of carbonyl (C=O) groups excluding carboxylic acids is 1. The van der Waals surface area contributed by atoms with E-state index in [1.807, 2.05) is 12.1 Å². The van der Waals surface area contributed by atoms with Crippen molar-refractivity contribution in [1.82, 2.24) is 9.88 Å². The van der Waals surface area contributed by atoms with Crippen molar-refractivity contribution in [2.75, 3.05) is 20.3 Å². The van der Waals surface area contributed by atoms with E-state index in [-0.39, 0.29) is 11.9 Å². The SMILES string of the molecule is COCCNC(=O)c1cc2ccsc2n1C(C)C. The molecule has 0 fully saturated rings. The van der Waals surface area contributed by atoms with Gasteiger partial charge in [-0.1, -0.05) is 0 Å². The lowest BCUT2D eigenvalue weighted by Gasteiger charge is -2.13. The van der Waals surface area contributed by atoms with Crippen molar-refractivity contribution in [2.24, 2.45) is 0 Å². The zero-order valence-corrected chi connectivity index (χ0v) is 11.7. The van der Waals surface area contributed by atoms with Crippen molar-refractivity contribution < 1.29 is 9.53 Å². The summed E-state index contributed by atoms with van der Waals surface area (Å²) in [5.74, 6) is -0.0378. The molecule has 4 nitrogen and oxygen atoms in total. The van der Waals surface area contributed by atoms with Crippen LogP contribution in [0.25, 0.3) is 10.2 Å². The van der Waals surface area contributed by atoms with E-state index in [1.54, 1.807) is 18.4 Å². The summed E-state index contributed by atoms with van der Waals surface area (Å²) in [5.41, 5.74) is 0.725. The molecule has 0 atom stereocenters. The number of carbonyl (C=O) groups is 1. The monoisotopic (exact) mass is 266 g/mol. The Labute approximate surface area is 111 Å². The van der Waals surface area contributed by atoms with Crippen LogP contribution >= 0.6 is 11.3 Å². The number of nitrogens with zero attached hydrogens (tertiary/aromatic N) is 1. The van der Waals surface area contributed by atoms with E-state index >= 15 is 0 Å². The minimum absolute atomic E-state index is 0.0378. The number of rotatable bonds is 5. The highest BCUT2D eigenvalue weighted by atomic mass is 32.1. The standard InChI is InChI=1S/C13H18N2O2S/c1-9(2)15-11(12(16)14-5-6-17-3)8-10-4-7-18-13(10)15/h4,7-9H,5-6H2,1-3H3,(H,14,16). The van der Waals surface area contributed by atoms with Gasteiger partial charge < -0.3 is 14.6 Å². The Morgan fingerprint density at radius 2 is 2.33 bits per heavy atom. The molecule has 1 amide bonds. The molecule has 5 heteroatoms. The summed E-state index contributed by atoms with van der Waals surface area (Å²) in [6, 6.07) is 4.27. The molecule has 18 heavy (non-hydrogen) atoms. The molecule has 0 unspecified atom stereocenters. The second-order valence-corrected chi connectivity index (χ2v) is 5.32. The lowest BCUT2D eigenvalue weighted by Crippen LogP contribution is -2.29.